The maximum Gasteiger partial charge on any atom is 0.328 e. The molecule has 1 fully saturated rings. The molecule has 1 aromatic heterocycles. The number of carboxylic acid groups (broad SMARTS) is 1. The summed E-state index contributed by atoms with van der Waals surface area (Å²) in [4.78, 5) is 47.3. The van der Waals surface area contributed by atoms with Gasteiger partial charge in [-0.25, -0.2) is 4.79 Å². The summed E-state index contributed by atoms with van der Waals surface area (Å²) in [6, 6.07) is 1.70. The number of carboxylic acids is 1. The molecule has 0 bridgehead atoms. The van der Waals surface area contributed by atoms with Gasteiger partial charge >= 0.3 is 5.97 Å². The van der Waals surface area contributed by atoms with Crippen molar-refractivity contribution in [1.82, 2.24) is 14.8 Å². The van der Waals surface area contributed by atoms with Crippen LogP contribution in [0.2, 0.25) is 0 Å². The summed E-state index contributed by atoms with van der Waals surface area (Å²) in [5, 5.41) is 11.5. The first-order valence-corrected chi connectivity index (χ1v) is 6.83. The van der Waals surface area contributed by atoms with Crippen molar-refractivity contribution >= 4 is 33.7 Å². The molecule has 2 N–H and O–H groups in total. The SMILES string of the molecule is O=C1CN(C(=O)Cn2cc(Br)ccc2=O)C(C(=O)O)CN1. The first-order chi connectivity index (χ1) is 9.88. The molecule has 0 spiro atoms. The Kier molecular flexibility index (Phi) is 4.41. The minimum atomic E-state index is -1.20. The molecule has 1 aromatic rings. The van der Waals surface area contributed by atoms with Crippen LogP contribution >= 0.6 is 15.9 Å². The third-order valence-corrected chi connectivity index (χ3v) is 3.51. The highest BCUT2D eigenvalue weighted by Crippen LogP contribution is 2.08. The topological polar surface area (TPSA) is 109 Å². The Labute approximate surface area is 127 Å². The lowest BCUT2D eigenvalue weighted by Gasteiger charge is -2.32. The van der Waals surface area contributed by atoms with Crippen LogP contribution in [0.5, 0.6) is 0 Å². The molecular weight excluding hydrogens is 346 g/mol. The van der Waals surface area contributed by atoms with Crippen LogP contribution in [-0.2, 0) is 20.9 Å². The number of carbonyl (C=O) groups excluding carboxylic acids is 2. The molecule has 1 unspecified atom stereocenters. The van der Waals surface area contributed by atoms with Crippen molar-refractivity contribution in [3.63, 3.8) is 0 Å². The van der Waals surface area contributed by atoms with E-state index >= 15 is 0 Å². The minimum absolute atomic E-state index is 0.146. The van der Waals surface area contributed by atoms with E-state index in [2.05, 4.69) is 21.2 Å². The van der Waals surface area contributed by atoms with Gasteiger partial charge in [0.25, 0.3) is 5.56 Å². The number of halogens is 1. The van der Waals surface area contributed by atoms with Crippen LogP contribution in [0.4, 0.5) is 0 Å². The van der Waals surface area contributed by atoms with Crippen LogP contribution in [0.15, 0.2) is 27.6 Å². The average Bonchev–Trinajstić information content (AvgIpc) is 2.42. The lowest BCUT2D eigenvalue weighted by atomic mass is 10.2. The monoisotopic (exact) mass is 357 g/mol. The molecule has 0 saturated carbocycles. The van der Waals surface area contributed by atoms with E-state index < -0.39 is 23.8 Å². The molecule has 8 nitrogen and oxygen atoms in total. The van der Waals surface area contributed by atoms with Gasteiger partial charge in [-0.2, -0.15) is 0 Å². The van der Waals surface area contributed by atoms with Gasteiger partial charge in [0.1, 0.15) is 19.1 Å². The molecule has 1 saturated heterocycles. The number of hydrogen-bond donors (Lipinski definition) is 2. The Morgan fingerprint density at radius 1 is 1.38 bits per heavy atom. The van der Waals surface area contributed by atoms with Crippen molar-refractivity contribution in [2.24, 2.45) is 0 Å². The van der Waals surface area contributed by atoms with Crippen molar-refractivity contribution in [2.75, 3.05) is 13.1 Å². The predicted octanol–water partition coefficient (Wildman–Crippen LogP) is -0.978. The van der Waals surface area contributed by atoms with Gasteiger partial charge < -0.3 is 19.9 Å². The number of carbonyl (C=O) groups is 3. The molecule has 2 amide bonds. The number of hydrogen-bond acceptors (Lipinski definition) is 4. The van der Waals surface area contributed by atoms with Gasteiger partial charge in [0.05, 0.1) is 0 Å². The van der Waals surface area contributed by atoms with E-state index in [9.17, 15) is 19.2 Å². The maximum absolute atomic E-state index is 12.2. The van der Waals surface area contributed by atoms with Gasteiger partial charge in [-0.05, 0) is 22.0 Å². The molecule has 2 rings (SSSR count). The Balaban J connectivity index is 2.21. The highest BCUT2D eigenvalue weighted by atomic mass is 79.9. The van der Waals surface area contributed by atoms with E-state index in [4.69, 9.17) is 5.11 Å². The molecule has 1 atom stereocenters. The number of aromatic nitrogens is 1. The summed E-state index contributed by atoms with van der Waals surface area (Å²) < 4.78 is 1.76. The molecule has 0 aromatic carbocycles. The second kappa shape index (κ2) is 6.08. The fourth-order valence-corrected chi connectivity index (χ4v) is 2.37. The Morgan fingerprint density at radius 2 is 2.10 bits per heavy atom. The second-order valence-electron chi connectivity index (χ2n) is 4.49. The van der Waals surface area contributed by atoms with Crippen LogP contribution in [0, 0.1) is 0 Å². The van der Waals surface area contributed by atoms with E-state index in [0.29, 0.717) is 4.47 Å². The molecule has 0 radical (unpaired) electrons. The number of amides is 2. The van der Waals surface area contributed by atoms with E-state index in [-0.39, 0.29) is 25.2 Å². The van der Waals surface area contributed by atoms with Crippen molar-refractivity contribution in [1.29, 1.82) is 0 Å². The van der Waals surface area contributed by atoms with Gasteiger partial charge in [-0.1, -0.05) is 0 Å². The lowest BCUT2D eigenvalue weighted by molar-refractivity contribution is -0.154. The van der Waals surface area contributed by atoms with Crippen LogP contribution in [0.3, 0.4) is 0 Å². The average molecular weight is 358 g/mol. The zero-order valence-electron chi connectivity index (χ0n) is 10.8. The van der Waals surface area contributed by atoms with Crippen LogP contribution in [-0.4, -0.2) is 51.5 Å². The summed E-state index contributed by atoms with van der Waals surface area (Å²) in [6.45, 7) is -0.804. The van der Waals surface area contributed by atoms with Gasteiger partial charge in [0.2, 0.25) is 11.8 Å². The number of pyridine rings is 1. The van der Waals surface area contributed by atoms with E-state index in [1.54, 1.807) is 0 Å². The van der Waals surface area contributed by atoms with E-state index in [1.165, 1.54) is 18.3 Å². The van der Waals surface area contributed by atoms with Gasteiger partial charge in [-0.15, -0.1) is 0 Å². The first kappa shape index (κ1) is 15.2. The zero-order valence-corrected chi connectivity index (χ0v) is 12.4. The van der Waals surface area contributed by atoms with Crippen molar-refractivity contribution < 1.29 is 19.5 Å². The largest absolute Gasteiger partial charge is 0.480 e. The molecule has 21 heavy (non-hydrogen) atoms. The summed E-state index contributed by atoms with van der Waals surface area (Å²) in [7, 11) is 0. The maximum atomic E-state index is 12.2. The van der Waals surface area contributed by atoms with Crippen LogP contribution in [0.25, 0.3) is 0 Å². The quantitative estimate of drug-likeness (QED) is 0.722. The molecular formula is C12H12BrN3O5. The Hall–Kier alpha value is -2.16. The molecule has 1 aliphatic rings. The molecule has 2 heterocycles. The van der Waals surface area contributed by atoms with Crippen molar-refractivity contribution in [2.45, 2.75) is 12.6 Å². The lowest BCUT2D eigenvalue weighted by Crippen LogP contribution is -2.60. The second-order valence-corrected chi connectivity index (χ2v) is 5.41. The minimum Gasteiger partial charge on any atom is -0.480 e. The fraction of sp³-hybridized carbons (Fsp3) is 0.333. The molecule has 9 heteroatoms. The molecule has 0 aliphatic carbocycles. The third-order valence-electron chi connectivity index (χ3n) is 3.04. The van der Waals surface area contributed by atoms with E-state index in [1.807, 2.05) is 0 Å². The normalized spacial score (nSPS) is 18.2. The first-order valence-electron chi connectivity index (χ1n) is 6.03. The van der Waals surface area contributed by atoms with E-state index in [0.717, 1.165) is 9.47 Å². The van der Waals surface area contributed by atoms with Crippen LogP contribution < -0.4 is 10.9 Å². The number of piperazine rings is 1. The third kappa shape index (κ3) is 3.48. The number of nitrogens with one attached hydrogen (secondary N) is 1. The highest BCUT2D eigenvalue weighted by Gasteiger charge is 2.35. The van der Waals surface area contributed by atoms with Gasteiger partial charge in [0, 0.05) is 23.3 Å². The highest BCUT2D eigenvalue weighted by molar-refractivity contribution is 9.10. The summed E-state index contributed by atoms with van der Waals surface area (Å²) in [5.41, 5.74) is -0.389. The Morgan fingerprint density at radius 3 is 2.76 bits per heavy atom. The standard InChI is InChI=1S/C12H12BrN3O5/c13-7-1-2-10(18)15(4-7)6-11(19)16-5-9(17)14-3-8(16)12(20)21/h1-2,4,8H,3,5-6H2,(H,14,17)(H,20,21). The zero-order chi connectivity index (χ0) is 15.6. The van der Waals surface area contributed by atoms with Crippen molar-refractivity contribution in [3.8, 4) is 0 Å². The van der Waals surface area contributed by atoms with Crippen molar-refractivity contribution in [3.05, 3.63) is 33.2 Å². The van der Waals surface area contributed by atoms with Gasteiger partial charge in [0.15, 0.2) is 0 Å². The molecule has 1 aliphatic heterocycles. The number of nitrogens with zero attached hydrogens (tertiary/aromatic N) is 2. The summed E-state index contributed by atoms with van der Waals surface area (Å²) in [6.07, 6.45) is 1.43. The smallest absolute Gasteiger partial charge is 0.328 e. The van der Waals surface area contributed by atoms with Gasteiger partial charge in [-0.3, -0.25) is 14.4 Å². The number of aliphatic carboxylic acids is 1. The summed E-state index contributed by atoms with van der Waals surface area (Å²) in [5.74, 6) is -2.23. The Bertz CT molecular complexity index is 657. The van der Waals surface area contributed by atoms with Crippen LogP contribution in [0.1, 0.15) is 0 Å². The molecule has 112 valence electrons. The summed E-state index contributed by atoms with van der Waals surface area (Å²) >= 11 is 3.18. The number of rotatable bonds is 3. The fourth-order valence-electron chi connectivity index (χ4n) is 1.99. The predicted molar refractivity (Wildman–Crippen MR) is 74.5 cm³/mol.